The van der Waals surface area contributed by atoms with Crippen LogP contribution < -0.4 is 15.4 Å². The molecule has 2 amide bonds. The van der Waals surface area contributed by atoms with Crippen LogP contribution in [-0.2, 0) is 11.3 Å². The van der Waals surface area contributed by atoms with Gasteiger partial charge in [-0.05, 0) is 50.9 Å². The summed E-state index contributed by atoms with van der Waals surface area (Å²) in [4.78, 5) is 28.1. The van der Waals surface area contributed by atoms with Crippen molar-refractivity contribution in [3.8, 4) is 5.75 Å². The lowest BCUT2D eigenvalue weighted by Crippen LogP contribution is -2.57. The maximum Gasteiger partial charge on any atom is 0.405 e. The SMILES string of the molecule is CCOc1cccc(F)c1CN1CCN(C(=O)[C@H](NC(=O)O)C2CCNCC2)CC1. The highest BCUT2D eigenvalue weighted by Gasteiger charge is 2.35. The number of rotatable bonds is 7. The molecule has 2 aliphatic heterocycles. The number of hydrogen-bond acceptors (Lipinski definition) is 5. The Balaban J connectivity index is 1.60. The van der Waals surface area contributed by atoms with Gasteiger partial charge in [-0.3, -0.25) is 9.69 Å². The largest absolute Gasteiger partial charge is 0.493 e. The van der Waals surface area contributed by atoms with E-state index in [0.717, 1.165) is 25.9 Å². The fourth-order valence-corrected chi connectivity index (χ4v) is 4.22. The van der Waals surface area contributed by atoms with Gasteiger partial charge in [-0.15, -0.1) is 0 Å². The highest BCUT2D eigenvalue weighted by molar-refractivity contribution is 5.85. The lowest BCUT2D eigenvalue weighted by Gasteiger charge is -2.38. The van der Waals surface area contributed by atoms with Gasteiger partial charge in [-0.2, -0.15) is 0 Å². The number of piperazine rings is 1. The van der Waals surface area contributed by atoms with Crippen LogP contribution in [-0.4, -0.2) is 78.8 Å². The van der Waals surface area contributed by atoms with Crippen molar-refractivity contribution in [2.24, 2.45) is 5.92 Å². The number of benzene rings is 1. The lowest BCUT2D eigenvalue weighted by molar-refractivity contribution is -0.136. The third-order valence-corrected chi connectivity index (χ3v) is 5.84. The third kappa shape index (κ3) is 5.60. The standard InChI is InChI=1S/C21H31FN4O4/c1-2-30-18-5-3-4-17(22)16(18)14-25-10-12-26(13-11-25)20(27)19(24-21(28)29)15-6-8-23-9-7-15/h3-5,15,19,23-24H,2,6-14H2,1H3,(H,28,29)/t19-/m1/s1. The van der Waals surface area contributed by atoms with Crippen LogP contribution in [0, 0.1) is 11.7 Å². The number of hydrogen-bond donors (Lipinski definition) is 3. The number of carboxylic acid groups (broad SMARTS) is 1. The molecule has 2 fully saturated rings. The zero-order chi connectivity index (χ0) is 21.5. The Hall–Kier alpha value is -2.39. The van der Waals surface area contributed by atoms with E-state index in [1.54, 1.807) is 17.0 Å². The van der Waals surface area contributed by atoms with Crippen LogP contribution in [0.1, 0.15) is 25.3 Å². The van der Waals surface area contributed by atoms with E-state index in [1.165, 1.54) is 6.07 Å². The second kappa shape index (κ2) is 10.6. The van der Waals surface area contributed by atoms with Gasteiger partial charge in [0.2, 0.25) is 5.91 Å². The van der Waals surface area contributed by atoms with Crippen molar-refractivity contribution in [3.05, 3.63) is 29.6 Å². The summed E-state index contributed by atoms with van der Waals surface area (Å²) >= 11 is 0. The first kappa shape index (κ1) is 22.3. The van der Waals surface area contributed by atoms with E-state index in [-0.39, 0.29) is 17.6 Å². The van der Waals surface area contributed by atoms with Crippen LogP contribution in [0.2, 0.25) is 0 Å². The summed E-state index contributed by atoms with van der Waals surface area (Å²) in [5.74, 6) is 0.0913. The molecule has 2 aliphatic rings. The number of nitrogens with one attached hydrogen (secondary N) is 2. The van der Waals surface area contributed by atoms with E-state index in [9.17, 15) is 19.1 Å². The molecule has 0 saturated carbocycles. The van der Waals surface area contributed by atoms with Crippen molar-refractivity contribution < 1.29 is 23.8 Å². The molecule has 0 bridgehead atoms. The van der Waals surface area contributed by atoms with Crippen LogP contribution >= 0.6 is 0 Å². The number of ether oxygens (including phenoxy) is 1. The average molecular weight is 423 g/mol. The molecule has 2 heterocycles. The van der Waals surface area contributed by atoms with Crippen LogP contribution in [0.15, 0.2) is 18.2 Å². The van der Waals surface area contributed by atoms with Gasteiger partial charge in [0.05, 0.1) is 6.61 Å². The topological polar surface area (TPSA) is 94.1 Å². The Morgan fingerprint density at radius 2 is 1.97 bits per heavy atom. The first-order valence-corrected chi connectivity index (χ1v) is 10.6. The van der Waals surface area contributed by atoms with Crippen LogP contribution in [0.25, 0.3) is 0 Å². The van der Waals surface area contributed by atoms with Crippen molar-refractivity contribution in [3.63, 3.8) is 0 Å². The molecule has 2 saturated heterocycles. The fraction of sp³-hybridized carbons (Fsp3) is 0.619. The Morgan fingerprint density at radius 3 is 2.60 bits per heavy atom. The molecule has 166 valence electrons. The summed E-state index contributed by atoms with van der Waals surface area (Å²) in [5.41, 5.74) is 0.527. The predicted molar refractivity (Wildman–Crippen MR) is 110 cm³/mol. The minimum Gasteiger partial charge on any atom is -0.493 e. The molecule has 0 unspecified atom stereocenters. The molecule has 0 radical (unpaired) electrons. The van der Waals surface area contributed by atoms with Gasteiger partial charge >= 0.3 is 6.09 Å². The Labute approximate surface area is 176 Å². The molecule has 0 aliphatic carbocycles. The zero-order valence-corrected chi connectivity index (χ0v) is 17.4. The molecule has 8 nitrogen and oxygen atoms in total. The van der Waals surface area contributed by atoms with Gasteiger partial charge in [0, 0.05) is 38.3 Å². The quantitative estimate of drug-likeness (QED) is 0.617. The predicted octanol–water partition coefficient (Wildman–Crippen LogP) is 1.50. The number of carbonyl (C=O) groups is 2. The molecule has 0 spiro atoms. The first-order valence-electron chi connectivity index (χ1n) is 10.6. The van der Waals surface area contributed by atoms with Crippen molar-refractivity contribution in [2.75, 3.05) is 45.9 Å². The van der Waals surface area contributed by atoms with Gasteiger partial charge in [0.25, 0.3) is 0 Å². The minimum absolute atomic E-state index is 0.0000417. The molecule has 3 N–H and O–H groups in total. The number of halogens is 1. The fourth-order valence-electron chi connectivity index (χ4n) is 4.22. The van der Waals surface area contributed by atoms with E-state index < -0.39 is 12.1 Å². The summed E-state index contributed by atoms with van der Waals surface area (Å²) in [7, 11) is 0. The Bertz CT molecular complexity index is 734. The summed E-state index contributed by atoms with van der Waals surface area (Å²) in [5, 5.41) is 14.9. The Morgan fingerprint density at radius 1 is 1.27 bits per heavy atom. The highest BCUT2D eigenvalue weighted by atomic mass is 19.1. The maximum atomic E-state index is 14.3. The van der Waals surface area contributed by atoms with E-state index >= 15 is 0 Å². The van der Waals surface area contributed by atoms with Gasteiger partial charge in [0.1, 0.15) is 17.6 Å². The monoisotopic (exact) mass is 422 g/mol. The molecule has 3 rings (SSSR count). The number of piperidine rings is 1. The molecule has 0 aromatic heterocycles. The Kier molecular flexibility index (Phi) is 7.87. The van der Waals surface area contributed by atoms with Crippen LogP contribution in [0.5, 0.6) is 5.75 Å². The molecular formula is C21H31FN4O4. The highest BCUT2D eigenvalue weighted by Crippen LogP contribution is 2.24. The smallest absolute Gasteiger partial charge is 0.405 e. The second-order valence-electron chi connectivity index (χ2n) is 7.77. The molecule has 1 aromatic rings. The molecular weight excluding hydrogens is 391 g/mol. The molecule has 30 heavy (non-hydrogen) atoms. The third-order valence-electron chi connectivity index (χ3n) is 5.84. The molecule has 1 atom stereocenters. The summed E-state index contributed by atoms with van der Waals surface area (Å²) in [6.07, 6.45) is 0.363. The number of carbonyl (C=O) groups excluding carboxylic acids is 1. The van der Waals surface area contributed by atoms with Gasteiger partial charge in [-0.1, -0.05) is 6.07 Å². The lowest BCUT2D eigenvalue weighted by atomic mass is 9.89. The van der Waals surface area contributed by atoms with Gasteiger partial charge < -0.3 is 25.4 Å². The number of amides is 2. The number of nitrogens with zero attached hydrogens (tertiary/aromatic N) is 2. The summed E-state index contributed by atoms with van der Waals surface area (Å²) < 4.78 is 19.9. The summed E-state index contributed by atoms with van der Waals surface area (Å²) in [6.45, 7) is 6.48. The van der Waals surface area contributed by atoms with Crippen molar-refractivity contribution in [1.29, 1.82) is 0 Å². The maximum absolute atomic E-state index is 14.3. The molecule has 9 heteroatoms. The van der Waals surface area contributed by atoms with Crippen LogP contribution in [0.4, 0.5) is 9.18 Å². The average Bonchev–Trinajstić information content (AvgIpc) is 2.75. The van der Waals surface area contributed by atoms with Crippen molar-refractivity contribution in [2.45, 2.75) is 32.4 Å². The van der Waals surface area contributed by atoms with E-state index in [1.807, 2.05) is 6.92 Å². The van der Waals surface area contributed by atoms with E-state index in [0.29, 0.717) is 50.6 Å². The molecule has 1 aromatic carbocycles. The van der Waals surface area contributed by atoms with Gasteiger partial charge in [-0.25, -0.2) is 9.18 Å². The van der Waals surface area contributed by atoms with Crippen LogP contribution in [0.3, 0.4) is 0 Å². The first-order chi connectivity index (χ1) is 14.5. The second-order valence-corrected chi connectivity index (χ2v) is 7.77. The normalized spacial score (nSPS) is 19.3. The van der Waals surface area contributed by atoms with E-state index in [2.05, 4.69) is 15.5 Å². The zero-order valence-electron chi connectivity index (χ0n) is 17.4. The van der Waals surface area contributed by atoms with Crippen molar-refractivity contribution in [1.82, 2.24) is 20.4 Å². The summed E-state index contributed by atoms with van der Waals surface area (Å²) in [6, 6.07) is 4.12. The van der Waals surface area contributed by atoms with Gasteiger partial charge in [0.15, 0.2) is 0 Å². The van der Waals surface area contributed by atoms with E-state index in [4.69, 9.17) is 4.74 Å². The van der Waals surface area contributed by atoms with Crippen molar-refractivity contribution >= 4 is 12.0 Å². The minimum atomic E-state index is -1.17.